The van der Waals surface area contributed by atoms with Crippen molar-refractivity contribution in [2.24, 2.45) is 0 Å². The molecular weight excluding hydrogens is 306 g/mol. The van der Waals surface area contributed by atoms with Crippen molar-refractivity contribution in [3.63, 3.8) is 0 Å². The molecule has 24 heavy (non-hydrogen) atoms. The van der Waals surface area contributed by atoms with Crippen molar-refractivity contribution in [3.8, 4) is 11.5 Å². The molecule has 0 bridgehead atoms. The van der Waals surface area contributed by atoms with Gasteiger partial charge < -0.3 is 5.32 Å². The maximum absolute atomic E-state index is 3.64. The van der Waals surface area contributed by atoms with E-state index in [0.717, 1.165) is 18.7 Å². The highest BCUT2D eigenvalue weighted by molar-refractivity contribution is 6.83. The van der Waals surface area contributed by atoms with E-state index in [1.807, 2.05) is 0 Å². The molecule has 0 amide bonds. The van der Waals surface area contributed by atoms with Crippen LogP contribution in [0.1, 0.15) is 29.5 Å². The van der Waals surface area contributed by atoms with Crippen LogP contribution in [0, 0.1) is 11.5 Å². The van der Waals surface area contributed by atoms with Gasteiger partial charge in [0, 0.05) is 24.1 Å². The van der Waals surface area contributed by atoms with Crippen molar-refractivity contribution in [1.29, 1.82) is 0 Å². The van der Waals surface area contributed by atoms with Crippen molar-refractivity contribution in [2.75, 3.05) is 6.54 Å². The number of hydrogen-bond donors (Lipinski definition) is 1. The SMILES string of the molecule is C[Si](C)(C)C#Cc1ccc(C2(CNCc3ccccc3)CC2)cc1. The van der Waals surface area contributed by atoms with Gasteiger partial charge in [-0.2, -0.15) is 0 Å². The molecule has 0 saturated heterocycles. The van der Waals surface area contributed by atoms with E-state index in [2.05, 4.69) is 91.0 Å². The van der Waals surface area contributed by atoms with Gasteiger partial charge in [-0.25, -0.2) is 0 Å². The zero-order valence-corrected chi connectivity index (χ0v) is 16.0. The topological polar surface area (TPSA) is 12.0 Å². The molecule has 2 aromatic rings. The quantitative estimate of drug-likeness (QED) is 0.616. The van der Waals surface area contributed by atoms with E-state index in [-0.39, 0.29) is 0 Å². The van der Waals surface area contributed by atoms with Gasteiger partial charge in [0.1, 0.15) is 8.07 Å². The molecular formula is C22H27NSi. The lowest BCUT2D eigenvalue weighted by atomic mass is 9.95. The van der Waals surface area contributed by atoms with Crippen LogP contribution in [-0.4, -0.2) is 14.6 Å². The average molecular weight is 334 g/mol. The summed E-state index contributed by atoms with van der Waals surface area (Å²) in [5.41, 5.74) is 7.75. The predicted octanol–water partition coefficient (Wildman–Crippen LogP) is 4.74. The Morgan fingerprint density at radius 2 is 1.62 bits per heavy atom. The molecule has 1 aliphatic rings. The Hall–Kier alpha value is -1.82. The fraction of sp³-hybridized carbons (Fsp3) is 0.364. The molecule has 0 spiro atoms. The van der Waals surface area contributed by atoms with Crippen molar-refractivity contribution in [2.45, 2.75) is 44.4 Å². The average Bonchev–Trinajstić information content (AvgIpc) is 3.35. The summed E-state index contributed by atoms with van der Waals surface area (Å²) >= 11 is 0. The third-order valence-electron chi connectivity index (χ3n) is 4.57. The van der Waals surface area contributed by atoms with Crippen LogP contribution < -0.4 is 5.32 Å². The highest BCUT2D eigenvalue weighted by atomic mass is 28.3. The second-order valence-corrected chi connectivity index (χ2v) is 12.7. The van der Waals surface area contributed by atoms with Crippen LogP contribution >= 0.6 is 0 Å². The van der Waals surface area contributed by atoms with Crippen molar-refractivity contribution in [3.05, 3.63) is 71.3 Å². The van der Waals surface area contributed by atoms with E-state index < -0.39 is 8.07 Å². The van der Waals surface area contributed by atoms with Crippen LogP contribution in [-0.2, 0) is 12.0 Å². The molecule has 1 nitrogen and oxygen atoms in total. The molecule has 1 fully saturated rings. The van der Waals surface area contributed by atoms with Crippen LogP contribution in [0.15, 0.2) is 54.6 Å². The summed E-state index contributed by atoms with van der Waals surface area (Å²) in [6.45, 7) is 8.86. The number of benzene rings is 2. The highest BCUT2D eigenvalue weighted by Gasteiger charge is 2.43. The van der Waals surface area contributed by atoms with Crippen LogP contribution in [0.5, 0.6) is 0 Å². The van der Waals surface area contributed by atoms with Gasteiger partial charge in [-0.05, 0) is 36.1 Å². The van der Waals surface area contributed by atoms with Gasteiger partial charge >= 0.3 is 0 Å². The Bertz CT molecular complexity index is 726. The Balaban J connectivity index is 1.60. The minimum absolute atomic E-state index is 0.347. The van der Waals surface area contributed by atoms with Crippen molar-refractivity contribution in [1.82, 2.24) is 5.32 Å². The fourth-order valence-electron chi connectivity index (χ4n) is 2.93. The summed E-state index contributed by atoms with van der Waals surface area (Å²) in [7, 11) is -1.30. The van der Waals surface area contributed by atoms with Crippen LogP contribution in [0.25, 0.3) is 0 Å². The minimum Gasteiger partial charge on any atom is -0.312 e. The molecule has 1 N–H and O–H groups in total. The summed E-state index contributed by atoms with van der Waals surface area (Å²) in [4.78, 5) is 0. The van der Waals surface area contributed by atoms with E-state index in [1.165, 1.54) is 24.0 Å². The molecule has 0 radical (unpaired) electrons. The lowest BCUT2D eigenvalue weighted by Gasteiger charge is -2.17. The first kappa shape index (κ1) is 17.0. The highest BCUT2D eigenvalue weighted by Crippen LogP contribution is 2.47. The lowest BCUT2D eigenvalue weighted by molar-refractivity contribution is 0.574. The fourth-order valence-corrected chi connectivity index (χ4v) is 3.45. The van der Waals surface area contributed by atoms with Gasteiger partial charge in [0.25, 0.3) is 0 Å². The molecule has 1 saturated carbocycles. The first-order valence-electron chi connectivity index (χ1n) is 8.85. The number of hydrogen-bond acceptors (Lipinski definition) is 1. The van der Waals surface area contributed by atoms with Gasteiger partial charge in [-0.15, -0.1) is 5.54 Å². The number of rotatable bonds is 5. The Morgan fingerprint density at radius 1 is 0.958 bits per heavy atom. The summed E-state index contributed by atoms with van der Waals surface area (Å²) < 4.78 is 0. The zero-order chi connectivity index (χ0) is 17.0. The second-order valence-electron chi connectivity index (χ2n) is 7.95. The molecule has 0 unspecified atom stereocenters. The van der Waals surface area contributed by atoms with Gasteiger partial charge in [0.2, 0.25) is 0 Å². The molecule has 124 valence electrons. The molecule has 1 aliphatic carbocycles. The summed E-state index contributed by atoms with van der Waals surface area (Å²) in [6.07, 6.45) is 2.57. The third kappa shape index (κ3) is 4.60. The minimum atomic E-state index is -1.30. The normalized spacial score (nSPS) is 15.5. The van der Waals surface area contributed by atoms with Crippen molar-refractivity contribution < 1.29 is 0 Å². The van der Waals surface area contributed by atoms with Crippen LogP contribution in [0.3, 0.4) is 0 Å². The Labute approximate surface area is 147 Å². The largest absolute Gasteiger partial charge is 0.312 e. The van der Waals surface area contributed by atoms with Gasteiger partial charge in [0.05, 0.1) is 0 Å². The molecule has 2 heteroatoms. The smallest absolute Gasteiger partial charge is 0.129 e. The van der Waals surface area contributed by atoms with Gasteiger partial charge in [0.15, 0.2) is 0 Å². The monoisotopic (exact) mass is 333 g/mol. The van der Waals surface area contributed by atoms with E-state index in [9.17, 15) is 0 Å². The van der Waals surface area contributed by atoms with E-state index in [1.54, 1.807) is 0 Å². The standard InChI is InChI=1S/C22H27NSi/c1-24(2,3)16-13-19-9-11-21(12-10-19)22(14-15-22)18-23-17-20-7-5-4-6-8-20/h4-12,23H,14-15,17-18H2,1-3H3. The van der Waals surface area contributed by atoms with Gasteiger partial charge in [-0.1, -0.05) is 68.0 Å². The van der Waals surface area contributed by atoms with Crippen molar-refractivity contribution >= 4 is 8.07 Å². The molecule has 0 heterocycles. The first-order valence-corrected chi connectivity index (χ1v) is 12.4. The molecule has 2 aromatic carbocycles. The maximum Gasteiger partial charge on any atom is 0.129 e. The molecule has 0 atom stereocenters. The maximum atomic E-state index is 3.64. The number of nitrogens with one attached hydrogen (secondary N) is 1. The predicted molar refractivity (Wildman–Crippen MR) is 106 cm³/mol. The van der Waals surface area contributed by atoms with E-state index in [4.69, 9.17) is 0 Å². The summed E-state index contributed by atoms with van der Waals surface area (Å²) in [5, 5.41) is 3.64. The lowest BCUT2D eigenvalue weighted by Crippen LogP contribution is -2.26. The third-order valence-corrected chi connectivity index (χ3v) is 5.44. The van der Waals surface area contributed by atoms with Crippen LogP contribution in [0.4, 0.5) is 0 Å². The Kier molecular flexibility index (Phi) is 4.94. The molecule has 0 aliphatic heterocycles. The van der Waals surface area contributed by atoms with E-state index >= 15 is 0 Å². The first-order chi connectivity index (χ1) is 11.5. The summed E-state index contributed by atoms with van der Waals surface area (Å²) in [6, 6.07) is 19.6. The van der Waals surface area contributed by atoms with Gasteiger partial charge in [-0.3, -0.25) is 0 Å². The molecule has 0 aromatic heterocycles. The zero-order valence-electron chi connectivity index (χ0n) is 15.0. The Morgan fingerprint density at radius 3 is 2.21 bits per heavy atom. The van der Waals surface area contributed by atoms with E-state index in [0.29, 0.717) is 5.41 Å². The molecule has 3 rings (SSSR count). The second kappa shape index (κ2) is 6.97. The summed E-state index contributed by atoms with van der Waals surface area (Å²) in [5.74, 6) is 3.34. The van der Waals surface area contributed by atoms with Crippen LogP contribution in [0.2, 0.25) is 19.6 Å².